The largest absolute Gasteiger partial charge is 0.508 e. The molecule has 31 heavy (non-hydrogen) atoms. The van der Waals surface area contributed by atoms with Crippen LogP contribution in [0.5, 0.6) is 17.2 Å². The number of imidazole rings is 1. The Labute approximate surface area is 181 Å². The lowest BCUT2D eigenvalue weighted by molar-refractivity contribution is 0.0859. The predicted octanol–water partition coefficient (Wildman–Crippen LogP) is 5.37. The number of nitrogens with one attached hydrogen (secondary N) is 1. The Hall–Kier alpha value is -3.51. The van der Waals surface area contributed by atoms with E-state index in [1.165, 1.54) is 0 Å². The highest BCUT2D eigenvalue weighted by Gasteiger charge is 2.19. The van der Waals surface area contributed by atoms with Crippen LogP contribution in [-0.2, 0) is 11.3 Å². The number of fused-ring (bicyclic) bond motifs is 1. The molecule has 6 nitrogen and oxygen atoms in total. The Morgan fingerprint density at radius 2 is 1.61 bits per heavy atom. The summed E-state index contributed by atoms with van der Waals surface area (Å²) in [5, 5.41) is 9.38. The minimum atomic E-state index is -0.306. The standard InChI is InChI=1S/C25H26N2O4/c1-3-29-21-13-14-22-23(15-21)27-25(26-22)24(30-4-2)18-7-11-20(12-8-18)31-16-17-5-9-19(28)10-6-17/h5-15,24,28H,3-4,16H2,1-2H3,(H,26,27). The van der Waals surface area contributed by atoms with Gasteiger partial charge in [0, 0.05) is 12.7 Å². The number of aromatic amines is 1. The zero-order valence-electron chi connectivity index (χ0n) is 17.7. The van der Waals surface area contributed by atoms with E-state index in [4.69, 9.17) is 19.2 Å². The molecule has 1 heterocycles. The smallest absolute Gasteiger partial charge is 0.141 e. The van der Waals surface area contributed by atoms with Crippen molar-refractivity contribution in [3.63, 3.8) is 0 Å². The summed E-state index contributed by atoms with van der Waals surface area (Å²) in [6.45, 7) is 5.54. The maximum absolute atomic E-state index is 9.38. The van der Waals surface area contributed by atoms with Crippen molar-refractivity contribution in [1.29, 1.82) is 0 Å². The molecule has 0 radical (unpaired) electrons. The molecule has 4 aromatic rings. The van der Waals surface area contributed by atoms with Crippen LogP contribution >= 0.6 is 0 Å². The number of hydrogen-bond acceptors (Lipinski definition) is 5. The van der Waals surface area contributed by atoms with E-state index in [1.54, 1.807) is 12.1 Å². The van der Waals surface area contributed by atoms with Crippen LogP contribution in [-0.4, -0.2) is 28.3 Å². The molecule has 3 aromatic carbocycles. The molecule has 0 spiro atoms. The van der Waals surface area contributed by atoms with Gasteiger partial charge in [-0.2, -0.15) is 0 Å². The van der Waals surface area contributed by atoms with E-state index < -0.39 is 0 Å². The van der Waals surface area contributed by atoms with Gasteiger partial charge in [0.2, 0.25) is 0 Å². The fraction of sp³-hybridized carbons (Fsp3) is 0.240. The number of hydrogen-bond donors (Lipinski definition) is 2. The highest BCUT2D eigenvalue weighted by molar-refractivity contribution is 5.77. The topological polar surface area (TPSA) is 76.6 Å². The molecule has 2 N–H and O–H groups in total. The first-order valence-corrected chi connectivity index (χ1v) is 10.4. The summed E-state index contributed by atoms with van der Waals surface area (Å²) < 4.78 is 17.4. The lowest BCUT2D eigenvalue weighted by Crippen LogP contribution is -2.08. The predicted molar refractivity (Wildman–Crippen MR) is 120 cm³/mol. The van der Waals surface area contributed by atoms with E-state index in [-0.39, 0.29) is 11.9 Å². The third-order valence-corrected chi connectivity index (χ3v) is 4.89. The van der Waals surface area contributed by atoms with E-state index in [9.17, 15) is 5.11 Å². The van der Waals surface area contributed by atoms with Crippen LogP contribution < -0.4 is 9.47 Å². The molecular formula is C25H26N2O4. The first-order chi connectivity index (χ1) is 15.2. The number of aromatic hydroxyl groups is 1. The summed E-state index contributed by atoms with van der Waals surface area (Å²) in [5.74, 6) is 2.56. The fourth-order valence-corrected chi connectivity index (χ4v) is 3.38. The maximum Gasteiger partial charge on any atom is 0.141 e. The summed E-state index contributed by atoms with van der Waals surface area (Å²) in [4.78, 5) is 8.12. The second kappa shape index (κ2) is 9.53. The highest BCUT2D eigenvalue weighted by Crippen LogP contribution is 2.29. The Morgan fingerprint density at radius 3 is 2.32 bits per heavy atom. The lowest BCUT2D eigenvalue weighted by atomic mass is 10.1. The lowest BCUT2D eigenvalue weighted by Gasteiger charge is -2.16. The summed E-state index contributed by atoms with van der Waals surface area (Å²) >= 11 is 0. The number of rotatable bonds is 9. The van der Waals surface area contributed by atoms with Gasteiger partial charge in [0.25, 0.3) is 0 Å². The van der Waals surface area contributed by atoms with Gasteiger partial charge in [0.05, 0.1) is 17.6 Å². The van der Waals surface area contributed by atoms with Crippen molar-refractivity contribution < 1.29 is 19.3 Å². The van der Waals surface area contributed by atoms with E-state index in [0.29, 0.717) is 19.8 Å². The molecule has 160 valence electrons. The number of nitrogens with zero attached hydrogens (tertiary/aromatic N) is 1. The Balaban J connectivity index is 1.51. The first kappa shape index (κ1) is 20.8. The molecule has 0 saturated carbocycles. The highest BCUT2D eigenvalue weighted by atomic mass is 16.5. The van der Waals surface area contributed by atoms with Gasteiger partial charge in [0.1, 0.15) is 35.8 Å². The van der Waals surface area contributed by atoms with Gasteiger partial charge in [-0.1, -0.05) is 24.3 Å². The number of phenols is 1. The third kappa shape index (κ3) is 4.98. The van der Waals surface area contributed by atoms with Gasteiger partial charge in [0.15, 0.2) is 0 Å². The van der Waals surface area contributed by atoms with Crippen LogP contribution in [0.3, 0.4) is 0 Å². The molecule has 0 fully saturated rings. The van der Waals surface area contributed by atoms with Gasteiger partial charge in [-0.05, 0) is 61.4 Å². The molecule has 1 atom stereocenters. The number of phenolic OH excluding ortho intramolecular Hbond substituents is 1. The Morgan fingerprint density at radius 1 is 0.871 bits per heavy atom. The molecule has 0 saturated heterocycles. The number of aromatic nitrogens is 2. The van der Waals surface area contributed by atoms with Crippen LogP contribution in [0.1, 0.15) is 36.9 Å². The molecule has 0 amide bonds. The molecule has 1 aromatic heterocycles. The van der Waals surface area contributed by atoms with Crippen molar-refractivity contribution in [2.24, 2.45) is 0 Å². The van der Waals surface area contributed by atoms with Crippen molar-refractivity contribution in [3.8, 4) is 17.2 Å². The van der Waals surface area contributed by atoms with Crippen LogP contribution in [0.15, 0.2) is 66.7 Å². The van der Waals surface area contributed by atoms with Crippen LogP contribution in [0.2, 0.25) is 0 Å². The molecule has 0 aliphatic carbocycles. The van der Waals surface area contributed by atoms with E-state index >= 15 is 0 Å². The van der Waals surface area contributed by atoms with Crippen molar-refractivity contribution in [1.82, 2.24) is 9.97 Å². The monoisotopic (exact) mass is 418 g/mol. The van der Waals surface area contributed by atoms with Crippen molar-refractivity contribution in [3.05, 3.63) is 83.7 Å². The zero-order chi connectivity index (χ0) is 21.6. The molecule has 6 heteroatoms. The summed E-state index contributed by atoms with van der Waals surface area (Å²) in [7, 11) is 0. The van der Waals surface area contributed by atoms with Crippen molar-refractivity contribution in [2.45, 2.75) is 26.6 Å². The number of ether oxygens (including phenoxy) is 3. The Kier molecular flexibility index (Phi) is 6.38. The van der Waals surface area contributed by atoms with Gasteiger partial charge in [-0.3, -0.25) is 0 Å². The van der Waals surface area contributed by atoms with Crippen LogP contribution in [0.25, 0.3) is 11.0 Å². The SMILES string of the molecule is CCOc1ccc2[nH]c(C(OCC)c3ccc(OCc4ccc(O)cc4)cc3)nc2c1. The number of H-pyrrole nitrogens is 1. The second-order valence-corrected chi connectivity index (χ2v) is 7.09. The molecule has 1 unspecified atom stereocenters. The maximum atomic E-state index is 9.38. The third-order valence-electron chi connectivity index (χ3n) is 4.89. The summed E-state index contributed by atoms with van der Waals surface area (Å²) in [6.07, 6.45) is -0.306. The summed E-state index contributed by atoms with van der Waals surface area (Å²) in [6, 6.07) is 20.7. The van der Waals surface area contributed by atoms with E-state index in [1.807, 2.05) is 68.4 Å². The minimum absolute atomic E-state index is 0.245. The zero-order valence-corrected chi connectivity index (χ0v) is 17.7. The second-order valence-electron chi connectivity index (χ2n) is 7.09. The number of benzene rings is 3. The normalized spacial score (nSPS) is 12.1. The molecule has 0 bridgehead atoms. The summed E-state index contributed by atoms with van der Waals surface area (Å²) in [5.41, 5.74) is 3.77. The average Bonchev–Trinajstić information content (AvgIpc) is 3.21. The molecular weight excluding hydrogens is 392 g/mol. The quantitative estimate of drug-likeness (QED) is 0.382. The molecule has 4 rings (SSSR count). The van der Waals surface area contributed by atoms with E-state index in [2.05, 4.69) is 4.98 Å². The Bertz CT molecular complexity index is 1120. The first-order valence-electron chi connectivity index (χ1n) is 10.4. The van der Waals surface area contributed by atoms with Crippen LogP contribution in [0.4, 0.5) is 0 Å². The van der Waals surface area contributed by atoms with Gasteiger partial charge in [-0.25, -0.2) is 4.98 Å². The van der Waals surface area contributed by atoms with Gasteiger partial charge in [-0.15, -0.1) is 0 Å². The van der Waals surface area contributed by atoms with E-state index in [0.717, 1.165) is 39.5 Å². The van der Waals surface area contributed by atoms with Gasteiger partial charge < -0.3 is 24.3 Å². The average molecular weight is 418 g/mol. The molecule has 0 aliphatic rings. The van der Waals surface area contributed by atoms with Crippen molar-refractivity contribution >= 4 is 11.0 Å². The van der Waals surface area contributed by atoms with Gasteiger partial charge >= 0.3 is 0 Å². The minimum Gasteiger partial charge on any atom is -0.508 e. The fourth-order valence-electron chi connectivity index (χ4n) is 3.38. The van der Waals surface area contributed by atoms with Crippen molar-refractivity contribution in [2.75, 3.05) is 13.2 Å². The van der Waals surface area contributed by atoms with Crippen LogP contribution in [0, 0.1) is 0 Å². The molecule has 0 aliphatic heterocycles.